The number of aliphatic carboxylic acids is 2. The standard InChI is InChI=1S/C23H31N5O8/c1-11(23(35)36)26-22(34)19(12(2)29)28-21(33)17(27-20(32)15(24)7-8-18(30)31)9-13-10-25-16-6-4-3-5-14(13)16/h3-6,10-12,15,17,19,25,29H,7-9,24H2,1-2H3,(H,26,34)(H,27,32)(H,28,33)(H,30,31)(H,35,36). The molecule has 0 aliphatic heterocycles. The van der Waals surface area contributed by atoms with E-state index in [2.05, 4.69) is 20.9 Å². The van der Waals surface area contributed by atoms with Crippen molar-refractivity contribution in [2.24, 2.45) is 5.73 Å². The zero-order valence-corrected chi connectivity index (χ0v) is 19.9. The summed E-state index contributed by atoms with van der Waals surface area (Å²) in [6.07, 6.45) is -0.256. The Kier molecular flexibility index (Phi) is 9.93. The number of para-hydroxylation sites is 1. The SMILES string of the molecule is CC(NC(=O)C(NC(=O)C(Cc1c[nH]c2ccccc12)NC(=O)C(N)CCC(=O)O)C(C)O)C(=O)O. The second-order valence-electron chi connectivity index (χ2n) is 8.46. The minimum atomic E-state index is -1.51. The van der Waals surface area contributed by atoms with Crippen molar-refractivity contribution < 1.29 is 39.3 Å². The summed E-state index contributed by atoms with van der Waals surface area (Å²) in [7, 11) is 0. The highest BCUT2D eigenvalue weighted by atomic mass is 16.4. The molecule has 0 aliphatic carbocycles. The van der Waals surface area contributed by atoms with Crippen LogP contribution in [0, 0.1) is 0 Å². The Labute approximate surface area is 206 Å². The molecule has 2 aromatic rings. The first-order chi connectivity index (χ1) is 16.9. The van der Waals surface area contributed by atoms with Gasteiger partial charge in [0.1, 0.15) is 18.1 Å². The minimum absolute atomic E-state index is 0.0209. The molecule has 196 valence electrons. The normalized spacial score (nSPS) is 15.2. The van der Waals surface area contributed by atoms with Crippen LogP contribution >= 0.6 is 0 Å². The van der Waals surface area contributed by atoms with Crippen LogP contribution in [0.5, 0.6) is 0 Å². The lowest BCUT2D eigenvalue weighted by Gasteiger charge is -2.26. The highest BCUT2D eigenvalue weighted by Crippen LogP contribution is 2.19. The fourth-order valence-electron chi connectivity index (χ4n) is 3.44. The number of H-pyrrole nitrogens is 1. The van der Waals surface area contributed by atoms with E-state index in [1.165, 1.54) is 13.8 Å². The Morgan fingerprint density at radius 1 is 0.972 bits per heavy atom. The number of carboxylic acids is 2. The summed E-state index contributed by atoms with van der Waals surface area (Å²) in [6.45, 7) is 2.46. The van der Waals surface area contributed by atoms with Crippen molar-refractivity contribution in [2.45, 2.75) is 63.4 Å². The maximum absolute atomic E-state index is 13.2. The van der Waals surface area contributed by atoms with Gasteiger partial charge in [0.15, 0.2) is 0 Å². The van der Waals surface area contributed by atoms with Gasteiger partial charge in [-0.2, -0.15) is 0 Å². The minimum Gasteiger partial charge on any atom is -0.481 e. The van der Waals surface area contributed by atoms with Crippen LogP contribution in [-0.4, -0.2) is 80.2 Å². The second-order valence-corrected chi connectivity index (χ2v) is 8.46. The van der Waals surface area contributed by atoms with Gasteiger partial charge in [0, 0.05) is 29.9 Å². The Hall–Kier alpha value is -3.97. The number of hydrogen-bond donors (Lipinski definition) is 8. The third-order valence-electron chi connectivity index (χ3n) is 5.53. The number of aliphatic hydroxyl groups excluding tert-OH is 1. The topological polar surface area (TPSA) is 224 Å². The average molecular weight is 506 g/mol. The number of nitrogens with one attached hydrogen (secondary N) is 4. The second kappa shape index (κ2) is 12.7. The first-order valence-electron chi connectivity index (χ1n) is 11.2. The molecular formula is C23H31N5O8. The number of rotatable bonds is 13. The number of hydrogen-bond acceptors (Lipinski definition) is 7. The van der Waals surface area contributed by atoms with Gasteiger partial charge in [0.05, 0.1) is 12.1 Å². The number of aromatic nitrogens is 1. The number of fused-ring (bicyclic) bond motifs is 1. The molecule has 0 bridgehead atoms. The molecule has 1 heterocycles. The average Bonchev–Trinajstić information content (AvgIpc) is 3.22. The number of carbonyl (C=O) groups excluding carboxylic acids is 3. The van der Waals surface area contributed by atoms with Crippen LogP contribution in [0.4, 0.5) is 0 Å². The van der Waals surface area contributed by atoms with Gasteiger partial charge in [-0.05, 0) is 31.9 Å². The van der Waals surface area contributed by atoms with Gasteiger partial charge >= 0.3 is 11.9 Å². The lowest BCUT2D eigenvalue weighted by molar-refractivity contribution is -0.142. The van der Waals surface area contributed by atoms with Crippen LogP contribution in [0.2, 0.25) is 0 Å². The molecule has 5 atom stereocenters. The Morgan fingerprint density at radius 2 is 1.64 bits per heavy atom. The molecule has 0 aliphatic rings. The van der Waals surface area contributed by atoms with Gasteiger partial charge in [-0.1, -0.05) is 18.2 Å². The molecule has 5 unspecified atom stereocenters. The fraction of sp³-hybridized carbons (Fsp3) is 0.435. The maximum atomic E-state index is 13.2. The van der Waals surface area contributed by atoms with E-state index in [9.17, 15) is 29.1 Å². The quantitative estimate of drug-likeness (QED) is 0.164. The lowest BCUT2D eigenvalue weighted by Crippen LogP contribution is -2.60. The zero-order valence-electron chi connectivity index (χ0n) is 19.9. The summed E-state index contributed by atoms with van der Waals surface area (Å²) < 4.78 is 0. The summed E-state index contributed by atoms with van der Waals surface area (Å²) in [5.74, 6) is -4.97. The Morgan fingerprint density at radius 3 is 2.25 bits per heavy atom. The molecule has 13 heteroatoms. The van der Waals surface area contributed by atoms with E-state index < -0.39 is 59.9 Å². The third-order valence-corrected chi connectivity index (χ3v) is 5.53. The summed E-state index contributed by atoms with van der Waals surface area (Å²) >= 11 is 0. The van der Waals surface area contributed by atoms with Crippen molar-refractivity contribution in [1.29, 1.82) is 0 Å². The van der Waals surface area contributed by atoms with Crippen molar-refractivity contribution in [1.82, 2.24) is 20.9 Å². The van der Waals surface area contributed by atoms with Crippen LogP contribution in [0.1, 0.15) is 32.3 Å². The summed E-state index contributed by atoms with van der Waals surface area (Å²) in [5, 5.41) is 35.7. The molecule has 13 nitrogen and oxygen atoms in total. The highest BCUT2D eigenvalue weighted by molar-refractivity contribution is 5.95. The van der Waals surface area contributed by atoms with Crippen molar-refractivity contribution in [3.05, 3.63) is 36.0 Å². The van der Waals surface area contributed by atoms with E-state index >= 15 is 0 Å². The van der Waals surface area contributed by atoms with Crippen molar-refractivity contribution in [3.63, 3.8) is 0 Å². The van der Waals surface area contributed by atoms with E-state index in [1.807, 2.05) is 18.2 Å². The van der Waals surface area contributed by atoms with Crippen LogP contribution in [-0.2, 0) is 30.4 Å². The van der Waals surface area contributed by atoms with Gasteiger partial charge < -0.3 is 42.0 Å². The number of carbonyl (C=O) groups is 5. The van der Waals surface area contributed by atoms with E-state index in [4.69, 9.17) is 15.9 Å². The first-order valence-corrected chi connectivity index (χ1v) is 11.2. The highest BCUT2D eigenvalue weighted by Gasteiger charge is 2.32. The summed E-state index contributed by atoms with van der Waals surface area (Å²) in [4.78, 5) is 63.3. The van der Waals surface area contributed by atoms with Gasteiger partial charge in [0.25, 0.3) is 0 Å². The van der Waals surface area contributed by atoms with E-state index in [-0.39, 0.29) is 19.3 Å². The molecule has 0 fully saturated rings. The fourth-order valence-corrected chi connectivity index (χ4v) is 3.44. The summed E-state index contributed by atoms with van der Waals surface area (Å²) in [5.41, 5.74) is 7.25. The van der Waals surface area contributed by atoms with Gasteiger partial charge in [-0.15, -0.1) is 0 Å². The van der Waals surface area contributed by atoms with E-state index in [0.717, 1.165) is 10.9 Å². The van der Waals surface area contributed by atoms with Gasteiger partial charge in [-0.25, -0.2) is 0 Å². The smallest absolute Gasteiger partial charge is 0.325 e. The number of nitrogens with two attached hydrogens (primary N) is 1. The van der Waals surface area contributed by atoms with Gasteiger partial charge in [0.2, 0.25) is 17.7 Å². The van der Waals surface area contributed by atoms with Crippen molar-refractivity contribution >= 4 is 40.6 Å². The first kappa shape index (κ1) is 28.3. The molecule has 2 rings (SSSR count). The number of carboxylic acid groups (broad SMARTS) is 2. The number of benzene rings is 1. The number of amides is 3. The predicted octanol–water partition coefficient (Wildman–Crippen LogP) is -1.16. The van der Waals surface area contributed by atoms with Crippen molar-refractivity contribution in [3.8, 4) is 0 Å². The molecule has 1 aromatic carbocycles. The van der Waals surface area contributed by atoms with Crippen LogP contribution in [0.25, 0.3) is 10.9 Å². The molecule has 36 heavy (non-hydrogen) atoms. The monoisotopic (exact) mass is 505 g/mol. The van der Waals surface area contributed by atoms with Crippen molar-refractivity contribution in [2.75, 3.05) is 0 Å². The van der Waals surface area contributed by atoms with Gasteiger partial charge in [-0.3, -0.25) is 24.0 Å². The predicted molar refractivity (Wildman–Crippen MR) is 128 cm³/mol. The van der Waals surface area contributed by atoms with E-state index in [0.29, 0.717) is 5.56 Å². The number of aromatic amines is 1. The van der Waals surface area contributed by atoms with Crippen LogP contribution in [0.3, 0.4) is 0 Å². The summed E-state index contributed by atoms with van der Waals surface area (Å²) in [6, 6.07) is 2.02. The Balaban J connectivity index is 2.26. The molecule has 1 aromatic heterocycles. The molecule has 0 saturated carbocycles. The number of aliphatic hydroxyl groups is 1. The zero-order chi connectivity index (χ0) is 27.0. The maximum Gasteiger partial charge on any atom is 0.325 e. The van der Waals surface area contributed by atoms with Crippen LogP contribution in [0.15, 0.2) is 30.5 Å². The molecule has 0 radical (unpaired) electrons. The molecule has 0 spiro atoms. The third kappa shape index (κ3) is 7.78. The molecular weight excluding hydrogens is 474 g/mol. The lowest BCUT2D eigenvalue weighted by atomic mass is 10.0. The van der Waals surface area contributed by atoms with Crippen LogP contribution < -0.4 is 21.7 Å². The Bertz CT molecular complexity index is 1110. The molecule has 9 N–H and O–H groups in total. The molecule has 0 saturated heterocycles. The van der Waals surface area contributed by atoms with E-state index in [1.54, 1.807) is 12.3 Å². The molecule has 3 amide bonds. The largest absolute Gasteiger partial charge is 0.481 e.